The van der Waals surface area contributed by atoms with Crippen molar-refractivity contribution in [3.05, 3.63) is 24.3 Å². The fourth-order valence-corrected chi connectivity index (χ4v) is 1.47. The van der Waals surface area contributed by atoms with Crippen LogP contribution in [0.5, 0.6) is 0 Å². The monoisotopic (exact) mass is 244 g/mol. The van der Waals surface area contributed by atoms with Gasteiger partial charge in [0.1, 0.15) is 0 Å². The van der Waals surface area contributed by atoms with Crippen molar-refractivity contribution >= 4 is 11.9 Å². The summed E-state index contributed by atoms with van der Waals surface area (Å²) in [6.07, 6.45) is 16.3. The van der Waals surface area contributed by atoms with Crippen LogP contribution in [-0.2, 0) is 19.1 Å². The Bertz CT molecular complexity index is 451. The molecule has 1 aliphatic carbocycles. The van der Waals surface area contributed by atoms with Gasteiger partial charge in [-0.05, 0) is 36.1 Å². The lowest BCUT2D eigenvalue weighted by Gasteiger charge is -2.29. The van der Waals surface area contributed by atoms with Crippen molar-refractivity contribution in [2.24, 2.45) is 0 Å². The maximum Gasteiger partial charge on any atom is 0.304 e. The first-order valence-electron chi connectivity index (χ1n) is 5.12. The van der Waals surface area contributed by atoms with Gasteiger partial charge >= 0.3 is 11.9 Å². The summed E-state index contributed by atoms with van der Waals surface area (Å²) in [5.41, 5.74) is -2.57. The molecule has 0 aromatic rings. The number of esters is 2. The summed E-state index contributed by atoms with van der Waals surface area (Å²) in [7, 11) is 0. The maximum atomic E-state index is 11.0. The molecule has 0 spiro atoms. The molecule has 0 aromatic heterocycles. The van der Waals surface area contributed by atoms with Gasteiger partial charge in [-0.25, -0.2) is 0 Å². The van der Waals surface area contributed by atoms with Gasteiger partial charge in [-0.1, -0.05) is 0 Å². The van der Waals surface area contributed by atoms with Crippen LogP contribution in [0.1, 0.15) is 13.8 Å². The minimum Gasteiger partial charge on any atom is -0.439 e. The molecule has 0 aliphatic heterocycles. The van der Waals surface area contributed by atoms with Crippen LogP contribution in [0.2, 0.25) is 0 Å². The molecule has 0 amide bonds. The lowest BCUT2D eigenvalue weighted by molar-refractivity contribution is -0.148. The van der Waals surface area contributed by atoms with Crippen LogP contribution in [0.15, 0.2) is 24.3 Å². The first-order chi connectivity index (χ1) is 8.37. The highest BCUT2D eigenvalue weighted by Crippen LogP contribution is 2.27. The van der Waals surface area contributed by atoms with E-state index in [9.17, 15) is 9.59 Å². The van der Waals surface area contributed by atoms with Gasteiger partial charge in [-0.3, -0.25) is 9.59 Å². The molecule has 0 heterocycles. The largest absolute Gasteiger partial charge is 0.439 e. The minimum atomic E-state index is -1.29. The average Bonchev–Trinajstić information content (AvgIpc) is 2.31. The van der Waals surface area contributed by atoms with E-state index >= 15 is 0 Å². The topological polar surface area (TPSA) is 52.6 Å². The number of hydrogen-bond donors (Lipinski definition) is 0. The van der Waals surface area contributed by atoms with Crippen molar-refractivity contribution in [2.45, 2.75) is 25.0 Å². The van der Waals surface area contributed by atoms with Crippen molar-refractivity contribution in [1.82, 2.24) is 0 Å². The zero-order valence-corrected chi connectivity index (χ0v) is 10.1. The number of hydrogen-bond acceptors (Lipinski definition) is 4. The molecule has 0 N–H and O–H groups in total. The van der Waals surface area contributed by atoms with Crippen molar-refractivity contribution < 1.29 is 19.1 Å². The molecule has 0 saturated heterocycles. The number of terminal acetylenes is 2. The third-order valence-electron chi connectivity index (χ3n) is 2.23. The van der Waals surface area contributed by atoms with Crippen LogP contribution in [0.25, 0.3) is 0 Å². The van der Waals surface area contributed by atoms with Crippen molar-refractivity contribution in [3.63, 3.8) is 0 Å². The van der Waals surface area contributed by atoms with Crippen LogP contribution < -0.4 is 0 Å². The highest BCUT2D eigenvalue weighted by atomic mass is 16.6. The van der Waals surface area contributed by atoms with Gasteiger partial charge in [-0.2, -0.15) is 0 Å². The molecular weight excluding hydrogens is 232 g/mol. The van der Waals surface area contributed by atoms with E-state index in [2.05, 4.69) is 11.8 Å². The van der Waals surface area contributed by atoms with Gasteiger partial charge in [-0.15, -0.1) is 12.8 Å². The quantitative estimate of drug-likeness (QED) is 0.413. The molecule has 0 saturated carbocycles. The average molecular weight is 244 g/mol. The zero-order valence-electron chi connectivity index (χ0n) is 10.1. The molecule has 0 bridgehead atoms. The van der Waals surface area contributed by atoms with Gasteiger partial charge in [0.2, 0.25) is 11.2 Å². The number of rotatable bonds is 2. The Morgan fingerprint density at radius 2 is 1.17 bits per heavy atom. The van der Waals surface area contributed by atoms with Crippen molar-refractivity contribution in [3.8, 4) is 24.7 Å². The van der Waals surface area contributed by atoms with Gasteiger partial charge in [0.05, 0.1) is 0 Å². The predicted molar refractivity (Wildman–Crippen MR) is 64.9 cm³/mol. The Balaban J connectivity index is 3.04. The number of ether oxygens (including phenoxy) is 2. The second kappa shape index (κ2) is 4.81. The summed E-state index contributed by atoms with van der Waals surface area (Å²) in [6, 6.07) is 0. The molecular formula is C14H12O4. The molecule has 92 valence electrons. The summed E-state index contributed by atoms with van der Waals surface area (Å²) in [4.78, 5) is 21.9. The Labute approximate surface area is 106 Å². The van der Waals surface area contributed by atoms with Gasteiger partial charge in [0.15, 0.2) is 0 Å². The van der Waals surface area contributed by atoms with E-state index in [-0.39, 0.29) is 0 Å². The Kier molecular flexibility index (Phi) is 3.64. The van der Waals surface area contributed by atoms with E-state index < -0.39 is 23.1 Å². The van der Waals surface area contributed by atoms with Gasteiger partial charge < -0.3 is 9.47 Å². The summed E-state index contributed by atoms with van der Waals surface area (Å²) in [6.45, 7) is 2.49. The third-order valence-corrected chi connectivity index (χ3v) is 2.23. The molecule has 4 heteroatoms. The van der Waals surface area contributed by atoms with Crippen LogP contribution in [0.4, 0.5) is 0 Å². The molecule has 0 radical (unpaired) electrons. The normalized spacial score (nSPS) is 28.9. The summed E-state index contributed by atoms with van der Waals surface area (Å²) < 4.78 is 10.0. The van der Waals surface area contributed by atoms with Gasteiger partial charge in [0.25, 0.3) is 0 Å². The predicted octanol–water partition coefficient (Wildman–Crippen LogP) is 0.983. The van der Waals surface area contributed by atoms with E-state index in [4.69, 9.17) is 22.3 Å². The zero-order chi connectivity index (χ0) is 13.8. The Hall–Kier alpha value is -2.46. The number of carbonyl (C=O) groups excluding carboxylic acids is 2. The van der Waals surface area contributed by atoms with Crippen LogP contribution in [0.3, 0.4) is 0 Å². The lowest BCUT2D eigenvalue weighted by atomic mass is 9.90. The summed E-state index contributed by atoms with van der Waals surface area (Å²) in [5.74, 6) is 3.63. The highest BCUT2D eigenvalue weighted by molar-refractivity contribution is 5.70. The molecule has 0 unspecified atom stereocenters. The highest BCUT2D eigenvalue weighted by Gasteiger charge is 2.35. The minimum absolute atomic E-state index is 0.525. The second-order valence-electron chi connectivity index (χ2n) is 3.73. The van der Waals surface area contributed by atoms with E-state index in [0.717, 1.165) is 0 Å². The first kappa shape index (κ1) is 13.6. The summed E-state index contributed by atoms with van der Waals surface area (Å²) >= 11 is 0. The SMILES string of the molecule is C#CC1(OC(C)=O)C=CC(C#C)(OC(C)=O)C=C1. The second-order valence-corrected chi connectivity index (χ2v) is 3.73. The van der Waals surface area contributed by atoms with E-state index in [1.54, 1.807) is 0 Å². The molecule has 1 aliphatic rings. The first-order valence-corrected chi connectivity index (χ1v) is 5.12. The van der Waals surface area contributed by atoms with Crippen LogP contribution >= 0.6 is 0 Å². The maximum absolute atomic E-state index is 11.0. The molecule has 0 atom stereocenters. The smallest absolute Gasteiger partial charge is 0.304 e. The Morgan fingerprint density at radius 1 is 0.889 bits per heavy atom. The Morgan fingerprint density at radius 3 is 1.33 bits per heavy atom. The third kappa shape index (κ3) is 2.81. The fraction of sp³-hybridized carbons (Fsp3) is 0.286. The summed E-state index contributed by atoms with van der Waals surface area (Å²) in [5, 5.41) is 0. The van der Waals surface area contributed by atoms with E-state index in [1.807, 2.05) is 0 Å². The van der Waals surface area contributed by atoms with Crippen LogP contribution in [-0.4, -0.2) is 23.1 Å². The van der Waals surface area contributed by atoms with E-state index in [0.29, 0.717) is 0 Å². The fourth-order valence-electron chi connectivity index (χ4n) is 1.47. The molecule has 0 aromatic carbocycles. The van der Waals surface area contributed by atoms with Crippen molar-refractivity contribution in [1.29, 1.82) is 0 Å². The van der Waals surface area contributed by atoms with Gasteiger partial charge in [0, 0.05) is 13.8 Å². The molecule has 4 nitrogen and oxygen atoms in total. The van der Waals surface area contributed by atoms with E-state index in [1.165, 1.54) is 38.2 Å². The molecule has 18 heavy (non-hydrogen) atoms. The van der Waals surface area contributed by atoms with Crippen LogP contribution in [0, 0.1) is 24.7 Å². The van der Waals surface area contributed by atoms with Crippen molar-refractivity contribution in [2.75, 3.05) is 0 Å². The number of carbonyl (C=O) groups is 2. The lowest BCUT2D eigenvalue weighted by Crippen LogP contribution is -2.37. The molecule has 0 fully saturated rings. The molecule has 1 rings (SSSR count). The standard InChI is InChI=1S/C14H12O4/c1-5-13(17-11(3)15)7-9-14(6-2,10-8-13)18-12(4)16/h1-2,7-10H,3-4H3.